The SMILES string of the molecule is OB(O)c1cccc(-c2ccccc2N(c2ccccc2)c2cccc(-c3ccc(-c4ccccc4)cc3)c2)c1. The summed E-state index contributed by atoms with van der Waals surface area (Å²) < 4.78 is 0. The molecule has 0 spiro atoms. The standard InChI is InChI=1S/C36H28BNO2/c39-37(40)32-15-9-14-31(25-32)35-19-7-8-20-36(35)38(33-16-5-2-6-17-33)34-18-10-13-30(26-34)29-23-21-28(22-24-29)27-11-3-1-4-12-27/h1-26,39-40H. The van der Waals surface area contributed by atoms with Gasteiger partial charge in [0.15, 0.2) is 0 Å². The van der Waals surface area contributed by atoms with E-state index < -0.39 is 7.12 Å². The van der Waals surface area contributed by atoms with Crippen molar-refractivity contribution in [3.8, 4) is 33.4 Å². The summed E-state index contributed by atoms with van der Waals surface area (Å²) in [5, 5.41) is 19.6. The average molecular weight is 517 g/mol. The zero-order chi connectivity index (χ0) is 27.3. The van der Waals surface area contributed by atoms with Crippen LogP contribution in [-0.4, -0.2) is 17.2 Å². The lowest BCUT2D eigenvalue weighted by Gasteiger charge is -2.28. The van der Waals surface area contributed by atoms with E-state index in [-0.39, 0.29) is 0 Å². The molecule has 0 unspecified atom stereocenters. The van der Waals surface area contributed by atoms with Gasteiger partial charge in [0.1, 0.15) is 0 Å². The minimum Gasteiger partial charge on any atom is -0.423 e. The number of anilines is 3. The van der Waals surface area contributed by atoms with Crippen LogP contribution in [0.25, 0.3) is 33.4 Å². The highest BCUT2D eigenvalue weighted by Crippen LogP contribution is 2.41. The number of nitrogens with zero attached hydrogens (tertiary/aromatic N) is 1. The molecule has 0 aromatic heterocycles. The number of rotatable bonds is 7. The molecule has 0 aliphatic carbocycles. The molecule has 192 valence electrons. The summed E-state index contributed by atoms with van der Waals surface area (Å²) >= 11 is 0. The molecule has 0 atom stereocenters. The van der Waals surface area contributed by atoms with E-state index in [9.17, 15) is 10.0 Å². The fraction of sp³-hybridized carbons (Fsp3) is 0. The van der Waals surface area contributed by atoms with Crippen molar-refractivity contribution in [2.75, 3.05) is 4.90 Å². The molecule has 0 heterocycles. The van der Waals surface area contributed by atoms with Gasteiger partial charge in [0.2, 0.25) is 0 Å². The van der Waals surface area contributed by atoms with Gasteiger partial charge in [-0.3, -0.25) is 0 Å². The van der Waals surface area contributed by atoms with Gasteiger partial charge in [0.05, 0.1) is 5.69 Å². The summed E-state index contributed by atoms with van der Waals surface area (Å²) in [6, 6.07) is 53.6. The Balaban J connectivity index is 1.44. The molecular formula is C36H28BNO2. The minimum absolute atomic E-state index is 0.458. The maximum Gasteiger partial charge on any atom is 0.488 e. The summed E-state index contributed by atoms with van der Waals surface area (Å²) in [5.74, 6) is 0. The van der Waals surface area contributed by atoms with E-state index in [0.717, 1.165) is 39.3 Å². The molecule has 0 amide bonds. The lowest BCUT2D eigenvalue weighted by molar-refractivity contribution is 0.426. The Morgan fingerprint density at radius 3 is 1.65 bits per heavy atom. The van der Waals surface area contributed by atoms with Crippen LogP contribution in [0.1, 0.15) is 0 Å². The molecule has 0 saturated heterocycles. The topological polar surface area (TPSA) is 43.7 Å². The number of benzene rings is 6. The van der Waals surface area contributed by atoms with Crippen molar-refractivity contribution < 1.29 is 10.0 Å². The van der Waals surface area contributed by atoms with Crippen molar-refractivity contribution in [3.05, 3.63) is 158 Å². The Labute approximate surface area is 235 Å². The molecule has 3 nitrogen and oxygen atoms in total. The number of hydrogen-bond donors (Lipinski definition) is 2. The van der Waals surface area contributed by atoms with E-state index in [1.54, 1.807) is 6.07 Å². The van der Waals surface area contributed by atoms with Crippen molar-refractivity contribution in [1.82, 2.24) is 0 Å². The van der Waals surface area contributed by atoms with Crippen molar-refractivity contribution in [2.24, 2.45) is 0 Å². The second-order valence-corrected chi connectivity index (χ2v) is 9.68. The van der Waals surface area contributed by atoms with Gasteiger partial charge in [-0.15, -0.1) is 0 Å². The van der Waals surface area contributed by atoms with E-state index in [2.05, 4.69) is 102 Å². The molecular weight excluding hydrogens is 489 g/mol. The highest BCUT2D eigenvalue weighted by molar-refractivity contribution is 6.58. The first-order chi connectivity index (χ1) is 19.7. The molecule has 2 N–H and O–H groups in total. The Kier molecular flexibility index (Phi) is 7.27. The quantitative estimate of drug-likeness (QED) is 0.212. The molecule has 0 aliphatic rings. The molecule has 0 saturated carbocycles. The van der Waals surface area contributed by atoms with Crippen LogP contribution >= 0.6 is 0 Å². The molecule has 0 aliphatic heterocycles. The van der Waals surface area contributed by atoms with E-state index >= 15 is 0 Å². The number of hydrogen-bond acceptors (Lipinski definition) is 3. The van der Waals surface area contributed by atoms with Gasteiger partial charge >= 0.3 is 7.12 Å². The lowest BCUT2D eigenvalue weighted by Crippen LogP contribution is -2.29. The van der Waals surface area contributed by atoms with Gasteiger partial charge in [0, 0.05) is 16.9 Å². The van der Waals surface area contributed by atoms with Crippen LogP contribution in [-0.2, 0) is 0 Å². The fourth-order valence-corrected chi connectivity index (χ4v) is 5.09. The molecule has 0 bridgehead atoms. The molecule has 4 heteroatoms. The molecule has 6 aromatic carbocycles. The van der Waals surface area contributed by atoms with Gasteiger partial charge in [-0.05, 0) is 63.6 Å². The maximum absolute atomic E-state index is 9.80. The largest absolute Gasteiger partial charge is 0.488 e. The second-order valence-electron chi connectivity index (χ2n) is 9.68. The van der Waals surface area contributed by atoms with Crippen LogP contribution in [0.5, 0.6) is 0 Å². The molecule has 0 radical (unpaired) electrons. The van der Waals surface area contributed by atoms with Crippen molar-refractivity contribution >= 4 is 29.6 Å². The van der Waals surface area contributed by atoms with Crippen LogP contribution in [0, 0.1) is 0 Å². The average Bonchev–Trinajstić information content (AvgIpc) is 3.03. The first-order valence-corrected chi connectivity index (χ1v) is 13.3. The molecule has 6 rings (SSSR count). The van der Waals surface area contributed by atoms with Crippen LogP contribution in [0.15, 0.2) is 158 Å². The van der Waals surface area contributed by atoms with Crippen molar-refractivity contribution in [2.45, 2.75) is 0 Å². The van der Waals surface area contributed by atoms with Crippen molar-refractivity contribution in [3.63, 3.8) is 0 Å². The molecule has 6 aromatic rings. The van der Waals surface area contributed by atoms with Gasteiger partial charge in [0.25, 0.3) is 0 Å². The van der Waals surface area contributed by atoms with E-state index in [1.165, 1.54) is 11.1 Å². The predicted molar refractivity (Wildman–Crippen MR) is 167 cm³/mol. The maximum atomic E-state index is 9.80. The second kappa shape index (κ2) is 11.5. The normalized spacial score (nSPS) is 10.8. The smallest absolute Gasteiger partial charge is 0.423 e. The van der Waals surface area contributed by atoms with Gasteiger partial charge in [-0.25, -0.2) is 0 Å². The Morgan fingerprint density at radius 2 is 0.925 bits per heavy atom. The Bertz CT molecular complexity index is 1720. The highest BCUT2D eigenvalue weighted by atomic mass is 16.4. The summed E-state index contributed by atoms with van der Waals surface area (Å²) in [6.07, 6.45) is 0. The predicted octanol–water partition coefficient (Wildman–Crippen LogP) is 7.84. The number of para-hydroxylation sites is 2. The third kappa shape index (κ3) is 5.32. The van der Waals surface area contributed by atoms with Crippen LogP contribution < -0.4 is 10.4 Å². The Hall–Kier alpha value is -4.90. The van der Waals surface area contributed by atoms with Gasteiger partial charge < -0.3 is 14.9 Å². The first-order valence-electron chi connectivity index (χ1n) is 13.3. The monoisotopic (exact) mass is 517 g/mol. The minimum atomic E-state index is -1.53. The van der Waals surface area contributed by atoms with Gasteiger partial charge in [-0.1, -0.05) is 127 Å². The van der Waals surface area contributed by atoms with Crippen LogP contribution in [0.3, 0.4) is 0 Å². The zero-order valence-corrected chi connectivity index (χ0v) is 21.9. The first kappa shape index (κ1) is 25.4. The van der Waals surface area contributed by atoms with E-state index in [1.807, 2.05) is 54.6 Å². The summed E-state index contributed by atoms with van der Waals surface area (Å²) in [5.41, 5.74) is 10.1. The summed E-state index contributed by atoms with van der Waals surface area (Å²) in [4.78, 5) is 2.25. The fourth-order valence-electron chi connectivity index (χ4n) is 5.09. The highest BCUT2D eigenvalue weighted by Gasteiger charge is 2.19. The lowest BCUT2D eigenvalue weighted by atomic mass is 9.79. The Morgan fingerprint density at radius 1 is 0.400 bits per heavy atom. The van der Waals surface area contributed by atoms with Crippen molar-refractivity contribution in [1.29, 1.82) is 0 Å². The summed E-state index contributed by atoms with van der Waals surface area (Å²) in [7, 11) is -1.53. The van der Waals surface area contributed by atoms with Gasteiger partial charge in [-0.2, -0.15) is 0 Å². The summed E-state index contributed by atoms with van der Waals surface area (Å²) in [6.45, 7) is 0. The third-order valence-electron chi connectivity index (χ3n) is 7.08. The van der Waals surface area contributed by atoms with E-state index in [0.29, 0.717) is 5.46 Å². The molecule has 40 heavy (non-hydrogen) atoms. The molecule has 0 fully saturated rings. The van der Waals surface area contributed by atoms with Crippen LogP contribution in [0.4, 0.5) is 17.1 Å². The third-order valence-corrected chi connectivity index (χ3v) is 7.08. The zero-order valence-electron chi connectivity index (χ0n) is 21.9. The van der Waals surface area contributed by atoms with Crippen LogP contribution in [0.2, 0.25) is 0 Å². The van der Waals surface area contributed by atoms with E-state index in [4.69, 9.17) is 0 Å².